The molecule has 0 amide bonds. The molecule has 136 valence electrons. The summed E-state index contributed by atoms with van der Waals surface area (Å²) in [5.74, 6) is 0.815. The fourth-order valence-electron chi connectivity index (χ4n) is 2.74. The molecule has 0 saturated heterocycles. The van der Waals surface area contributed by atoms with Gasteiger partial charge in [-0.1, -0.05) is 46.6 Å². The zero-order valence-electron chi connectivity index (χ0n) is 16.9. The molecular weight excluding hydrogens is 282 g/mol. The van der Waals surface area contributed by atoms with Crippen LogP contribution in [0.1, 0.15) is 73.6 Å². The Balaban J connectivity index is 4.63. The van der Waals surface area contributed by atoms with Crippen molar-refractivity contribution in [3.8, 4) is 0 Å². The van der Waals surface area contributed by atoms with Crippen molar-refractivity contribution in [2.75, 3.05) is 26.7 Å². The number of hydrogen-bond donors (Lipinski definition) is 0. The number of likely N-dealkylation sites (N-methyl/N-ethyl adjacent to an activating group) is 1. The first-order valence-corrected chi connectivity index (χ1v) is 9.39. The summed E-state index contributed by atoms with van der Waals surface area (Å²) in [6.07, 6.45) is 8.10. The van der Waals surface area contributed by atoms with E-state index in [1.54, 1.807) is 7.11 Å². The van der Waals surface area contributed by atoms with E-state index in [-0.39, 0.29) is 5.41 Å². The molecule has 0 heterocycles. The lowest BCUT2D eigenvalue weighted by molar-refractivity contribution is 0.242. The van der Waals surface area contributed by atoms with Crippen LogP contribution in [0.25, 0.3) is 0 Å². The van der Waals surface area contributed by atoms with E-state index in [0.29, 0.717) is 0 Å². The molecule has 0 saturated carbocycles. The highest BCUT2D eigenvalue weighted by Gasteiger charge is 2.23. The third-order valence-corrected chi connectivity index (χ3v) is 5.26. The second-order valence-corrected chi connectivity index (χ2v) is 7.54. The number of ether oxygens (including phenoxy) is 1. The molecule has 0 aliphatic carbocycles. The predicted molar refractivity (Wildman–Crippen MR) is 104 cm³/mol. The van der Waals surface area contributed by atoms with Gasteiger partial charge in [-0.05, 0) is 62.6 Å². The van der Waals surface area contributed by atoms with Crippen LogP contribution in [0.15, 0.2) is 24.0 Å². The number of allylic oxidation sites excluding steroid dienone is 1. The zero-order chi connectivity index (χ0) is 17.9. The topological polar surface area (TPSA) is 12.5 Å². The molecule has 0 fully saturated rings. The highest BCUT2D eigenvalue weighted by molar-refractivity contribution is 5.11. The summed E-state index contributed by atoms with van der Waals surface area (Å²) in [7, 11) is 1.76. The van der Waals surface area contributed by atoms with Crippen molar-refractivity contribution in [3.63, 3.8) is 0 Å². The maximum absolute atomic E-state index is 5.35. The van der Waals surface area contributed by atoms with Crippen LogP contribution in [-0.2, 0) is 4.74 Å². The lowest BCUT2D eigenvalue weighted by Gasteiger charge is -2.31. The Morgan fingerprint density at radius 1 is 1.22 bits per heavy atom. The Hall–Kier alpha value is -0.760. The summed E-state index contributed by atoms with van der Waals surface area (Å²) in [5.41, 5.74) is 2.92. The minimum atomic E-state index is 0.202. The minimum Gasteiger partial charge on any atom is -0.504 e. The van der Waals surface area contributed by atoms with E-state index < -0.39 is 0 Å². The molecule has 0 aliphatic rings. The largest absolute Gasteiger partial charge is 0.504 e. The summed E-state index contributed by atoms with van der Waals surface area (Å²) >= 11 is 0. The summed E-state index contributed by atoms with van der Waals surface area (Å²) in [6, 6.07) is 0. The van der Waals surface area contributed by atoms with Crippen molar-refractivity contribution in [3.05, 3.63) is 24.0 Å². The van der Waals surface area contributed by atoms with Crippen molar-refractivity contribution >= 4 is 0 Å². The molecule has 2 heteroatoms. The first-order chi connectivity index (χ1) is 10.8. The zero-order valence-corrected chi connectivity index (χ0v) is 16.9. The molecule has 0 aliphatic heterocycles. The SMILES string of the molecule is C=C(C)CCC(CC)CCN(CC)C/C(=C\OC)C(C)(C)CC. The van der Waals surface area contributed by atoms with E-state index in [0.717, 1.165) is 25.4 Å². The van der Waals surface area contributed by atoms with E-state index in [2.05, 4.69) is 53.0 Å². The van der Waals surface area contributed by atoms with Gasteiger partial charge in [0.2, 0.25) is 0 Å². The van der Waals surface area contributed by atoms with Crippen molar-refractivity contribution in [1.29, 1.82) is 0 Å². The summed E-state index contributed by atoms with van der Waals surface area (Å²) in [6.45, 7) is 20.9. The number of methoxy groups -OCH3 is 1. The molecule has 0 aromatic rings. The van der Waals surface area contributed by atoms with Crippen LogP contribution >= 0.6 is 0 Å². The van der Waals surface area contributed by atoms with Gasteiger partial charge in [0.25, 0.3) is 0 Å². The Labute approximate surface area is 146 Å². The quantitative estimate of drug-likeness (QED) is 0.302. The van der Waals surface area contributed by atoms with Crippen LogP contribution < -0.4 is 0 Å². The Morgan fingerprint density at radius 3 is 2.30 bits per heavy atom. The van der Waals surface area contributed by atoms with Gasteiger partial charge in [-0.2, -0.15) is 0 Å². The van der Waals surface area contributed by atoms with Crippen molar-refractivity contribution in [1.82, 2.24) is 4.90 Å². The second-order valence-electron chi connectivity index (χ2n) is 7.54. The van der Waals surface area contributed by atoms with Crippen LogP contribution in [0.5, 0.6) is 0 Å². The molecule has 0 rings (SSSR count). The standard InChI is InChI=1S/C21H41NO/c1-9-19(13-12-18(4)5)14-15-22(11-3)16-20(17-23-8)21(6,7)10-2/h17,19H,4,9-16H2,1-3,5-8H3/b20-17+. The van der Waals surface area contributed by atoms with Gasteiger partial charge in [-0.15, -0.1) is 6.58 Å². The average molecular weight is 324 g/mol. The maximum Gasteiger partial charge on any atom is 0.0834 e. The van der Waals surface area contributed by atoms with Gasteiger partial charge >= 0.3 is 0 Å². The van der Waals surface area contributed by atoms with Crippen molar-refractivity contribution < 1.29 is 4.74 Å². The van der Waals surface area contributed by atoms with E-state index in [1.165, 1.54) is 43.4 Å². The maximum atomic E-state index is 5.35. The minimum absolute atomic E-state index is 0.202. The predicted octanol–water partition coefficient (Wildman–Crippen LogP) is 6.05. The highest BCUT2D eigenvalue weighted by Crippen LogP contribution is 2.31. The van der Waals surface area contributed by atoms with E-state index in [9.17, 15) is 0 Å². The molecule has 23 heavy (non-hydrogen) atoms. The van der Waals surface area contributed by atoms with Crippen LogP contribution in [-0.4, -0.2) is 31.6 Å². The Bertz CT molecular complexity index is 357. The van der Waals surface area contributed by atoms with Crippen molar-refractivity contribution in [2.45, 2.75) is 73.6 Å². The second kappa shape index (κ2) is 11.7. The number of rotatable bonds is 13. The first kappa shape index (κ1) is 22.2. The smallest absolute Gasteiger partial charge is 0.0834 e. The van der Waals surface area contributed by atoms with Gasteiger partial charge in [-0.25, -0.2) is 0 Å². The van der Waals surface area contributed by atoms with Gasteiger partial charge in [0.1, 0.15) is 0 Å². The fraction of sp³-hybridized carbons (Fsp3) is 0.810. The first-order valence-electron chi connectivity index (χ1n) is 9.39. The fourth-order valence-corrected chi connectivity index (χ4v) is 2.74. The normalized spacial score (nSPS) is 14.2. The molecule has 0 radical (unpaired) electrons. The molecule has 0 bridgehead atoms. The third kappa shape index (κ3) is 9.20. The highest BCUT2D eigenvalue weighted by atomic mass is 16.5. The average Bonchev–Trinajstić information content (AvgIpc) is 2.52. The van der Waals surface area contributed by atoms with Gasteiger partial charge in [0, 0.05) is 6.54 Å². The molecule has 1 atom stereocenters. The van der Waals surface area contributed by atoms with Crippen LogP contribution in [0, 0.1) is 11.3 Å². The monoisotopic (exact) mass is 323 g/mol. The Kier molecular flexibility index (Phi) is 11.3. The van der Waals surface area contributed by atoms with Crippen LogP contribution in [0.4, 0.5) is 0 Å². The molecule has 2 nitrogen and oxygen atoms in total. The lowest BCUT2D eigenvalue weighted by atomic mass is 9.82. The number of nitrogens with zero attached hydrogens (tertiary/aromatic N) is 1. The van der Waals surface area contributed by atoms with E-state index in [1.807, 2.05) is 6.26 Å². The number of hydrogen-bond acceptors (Lipinski definition) is 2. The molecular formula is C21H41NO. The van der Waals surface area contributed by atoms with E-state index in [4.69, 9.17) is 4.74 Å². The molecule has 0 aromatic heterocycles. The van der Waals surface area contributed by atoms with Gasteiger partial charge in [-0.3, -0.25) is 4.90 Å². The Morgan fingerprint density at radius 2 is 1.87 bits per heavy atom. The van der Waals surface area contributed by atoms with Gasteiger partial charge < -0.3 is 4.74 Å². The molecule has 0 aromatic carbocycles. The van der Waals surface area contributed by atoms with Gasteiger partial charge in [0.15, 0.2) is 0 Å². The molecule has 0 spiro atoms. The lowest BCUT2D eigenvalue weighted by Crippen LogP contribution is -2.32. The van der Waals surface area contributed by atoms with Gasteiger partial charge in [0.05, 0.1) is 13.4 Å². The van der Waals surface area contributed by atoms with E-state index >= 15 is 0 Å². The third-order valence-electron chi connectivity index (χ3n) is 5.26. The summed E-state index contributed by atoms with van der Waals surface area (Å²) in [4.78, 5) is 2.56. The summed E-state index contributed by atoms with van der Waals surface area (Å²) in [5, 5.41) is 0. The van der Waals surface area contributed by atoms with Crippen molar-refractivity contribution in [2.24, 2.45) is 11.3 Å². The summed E-state index contributed by atoms with van der Waals surface area (Å²) < 4.78 is 5.35. The van der Waals surface area contributed by atoms with Crippen LogP contribution in [0.2, 0.25) is 0 Å². The molecule has 0 N–H and O–H groups in total. The molecule has 1 unspecified atom stereocenters. The van der Waals surface area contributed by atoms with Crippen LogP contribution in [0.3, 0.4) is 0 Å².